The van der Waals surface area contributed by atoms with E-state index < -0.39 is 0 Å². The summed E-state index contributed by atoms with van der Waals surface area (Å²) in [7, 11) is 0. The van der Waals surface area contributed by atoms with E-state index in [1.54, 1.807) is 0 Å². The number of guanidine groups is 1. The van der Waals surface area contributed by atoms with Crippen LogP contribution in [0.2, 0.25) is 0 Å². The highest BCUT2D eigenvalue weighted by Gasteiger charge is 2.23. The average molecular weight is 500 g/mol. The van der Waals surface area contributed by atoms with Gasteiger partial charge in [0.25, 0.3) is 5.91 Å². The lowest BCUT2D eigenvalue weighted by Gasteiger charge is -2.33. The van der Waals surface area contributed by atoms with Crippen molar-refractivity contribution in [2.45, 2.75) is 52.2 Å². The molecule has 2 saturated heterocycles. The minimum atomic E-state index is -0.312. The zero-order valence-corrected chi connectivity index (χ0v) is 19.3. The number of aliphatic imine (C=N–C) groups is 1. The summed E-state index contributed by atoms with van der Waals surface area (Å²) in [5, 5.41) is 6.38. The largest absolute Gasteiger partial charge is 0.368 e. The summed E-state index contributed by atoms with van der Waals surface area (Å²) < 4.78 is 5.45. The molecule has 2 aliphatic heterocycles. The number of halogens is 1. The van der Waals surface area contributed by atoms with E-state index in [4.69, 9.17) is 9.73 Å². The number of likely N-dealkylation sites (tertiary alicyclic amines) is 1. The predicted octanol–water partition coefficient (Wildman–Crippen LogP) is 3.62. The monoisotopic (exact) mass is 500 g/mol. The van der Waals surface area contributed by atoms with Crippen LogP contribution in [-0.2, 0) is 16.1 Å². The molecule has 6 nitrogen and oxygen atoms in total. The molecule has 3 rings (SSSR count). The van der Waals surface area contributed by atoms with Crippen molar-refractivity contribution in [1.29, 1.82) is 0 Å². The topological polar surface area (TPSA) is 66.0 Å². The molecule has 1 aromatic carbocycles. The van der Waals surface area contributed by atoms with E-state index in [0.29, 0.717) is 13.2 Å². The Balaban J connectivity index is 0.00000280. The number of hydrogen-bond donors (Lipinski definition) is 2. The fraction of sp³-hybridized carbons (Fsp3) is 0.619. The van der Waals surface area contributed by atoms with Gasteiger partial charge in [0.1, 0.15) is 6.10 Å². The van der Waals surface area contributed by atoms with E-state index in [9.17, 15) is 4.79 Å². The van der Waals surface area contributed by atoms with E-state index in [1.807, 2.05) is 24.3 Å². The minimum Gasteiger partial charge on any atom is -0.368 e. The summed E-state index contributed by atoms with van der Waals surface area (Å²) in [4.78, 5) is 19.4. The number of carbonyl (C=O) groups is 1. The molecule has 2 N–H and O–H groups in total. The highest BCUT2D eigenvalue weighted by Crippen LogP contribution is 2.18. The zero-order chi connectivity index (χ0) is 19.1. The van der Waals surface area contributed by atoms with Gasteiger partial charge < -0.3 is 20.3 Å². The van der Waals surface area contributed by atoms with Crippen LogP contribution in [-0.4, -0.2) is 49.1 Å². The summed E-state index contributed by atoms with van der Waals surface area (Å²) in [5.74, 6) is 1.73. The third-order valence-corrected chi connectivity index (χ3v) is 5.25. The Bertz CT molecular complexity index is 654. The molecule has 1 unspecified atom stereocenters. The second-order valence-corrected chi connectivity index (χ2v) is 7.53. The highest BCUT2D eigenvalue weighted by atomic mass is 127. The molecule has 2 aliphatic rings. The van der Waals surface area contributed by atoms with Crippen molar-refractivity contribution in [3.05, 3.63) is 29.8 Å². The van der Waals surface area contributed by atoms with Gasteiger partial charge in [-0.3, -0.25) is 4.79 Å². The van der Waals surface area contributed by atoms with Crippen molar-refractivity contribution >= 4 is 41.5 Å². The van der Waals surface area contributed by atoms with Gasteiger partial charge in [-0.2, -0.15) is 0 Å². The fourth-order valence-corrected chi connectivity index (χ4v) is 3.57. The first-order chi connectivity index (χ1) is 13.2. The molecule has 2 fully saturated rings. The molecule has 0 radical (unpaired) electrons. The number of benzene rings is 1. The second kappa shape index (κ2) is 11.6. The standard InChI is InChI=1S/C21H32N4O2.HI/c1-3-22-21(25-11-9-16(2)10-12-25)23-15-17-6-4-7-18(14-17)24-20(26)19-8-5-13-27-19;/h4,6-7,14,16,19H,3,5,8-13,15H2,1-2H3,(H,22,23)(H,24,26);1H. The first kappa shape index (κ1) is 22.9. The lowest BCUT2D eigenvalue weighted by Crippen LogP contribution is -2.45. The molecular formula is C21H33IN4O2. The number of piperidine rings is 1. The van der Waals surface area contributed by atoms with Crippen LogP contribution in [0.1, 0.15) is 45.1 Å². The smallest absolute Gasteiger partial charge is 0.253 e. The maximum Gasteiger partial charge on any atom is 0.253 e. The second-order valence-electron chi connectivity index (χ2n) is 7.53. The van der Waals surface area contributed by atoms with Gasteiger partial charge in [0, 0.05) is 31.9 Å². The van der Waals surface area contributed by atoms with Crippen molar-refractivity contribution in [2.24, 2.45) is 10.9 Å². The Morgan fingerprint density at radius 1 is 1.29 bits per heavy atom. The molecule has 28 heavy (non-hydrogen) atoms. The zero-order valence-electron chi connectivity index (χ0n) is 16.9. The summed E-state index contributed by atoms with van der Waals surface area (Å²) in [6.45, 7) is 8.67. The van der Waals surface area contributed by atoms with Crippen LogP contribution in [0.3, 0.4) is 0 Å². The van der Waals surface area contributed by atoms with Gasteiger partial charge in [-0.1, -0.05) is 19.1 Å². The van der Waals surface area contributed by atoms with Gasteiger partial charge in [0.05, 0.1) is 6.54 Å². The Kier molecular flexibility index (Phi) is 9.50. The number of amides is 1. The summed E-state index contributed by atoms with van der Waals surface area (Å²) in [6.07, 6.45) is 3.88. The third-order valence-electron chi connectivity index (χ3n) is 5.25. The number of ether oxygens (including phenoxy) is 1. The molecule has 156 valence electrons. The van der Waals surface area contributed by atoms with Crippen LogP contribution < -0.4 is 10.6 Å². The Morgan fingerprint density at radius 2 is 2.07 bits per heavy atom. The van der Waals surface area contributed by atoms with Crippen LogP contribution in [0, 0.1) is 5.92 Å². The molecule has 7 heteroatoms. The van der Waals surface area contributed by atoms with Gasteiger partial charge in [-0.15, -0.1) is 24.0 Å². The summed E-state index contributed by atoms with van der Waals surface area (Å²) >= 11 is 0. The van der Waals surface area contributed by atoms with E-state index in [2.05, 4.69) is 29.4 Å². The van der Waals surface area contributed by atoms with Crippen LogP contribution in [0.4, 0.5) is 5.69 Å². The lowest BCUT2D eigenvalue weighted by molar-refractivity contribution is -0.124. The van der Waals surface area contributed by atoms with Gasteiger partial charge in [-0.05, 0) is 56.2 Å². The lowest BCUT2D eigenvalue weighted by atomic mass is 10.00. The van der Waals surface area contributed by atoms with E-state index in [0.717, 1.165) is 55.6 Å². The van der Waals surface area contributed by atoms with Crippen molar-refractivity contribution in [1.82, 2.24) is 10.2 Å². The quantitative estimate of drug-likeness (QED) is 0.368. The molecule has 1 amide bonds. The van der Waals surface area contributed by atoms with Crippen LogP contribution in [0.15, 0.2) is 29.3 Å². The maximum atomic E-state index is 12.2. The molecule has 0 aromatic heterocycles. The van der Waals surface area contributed by atoms with Gasteiger partial charge >= 0.3 is 0 Å². The highest BCUT2D eigenvalue weighted by molar-refractivity contribution is 14.0. The Hall–Kier alpha value is -1.35. The average Bonchev–Trinajstić information content (AvgIpc) is 3.21. The van der Waals surface area contributed by atoms with Crippen molar-refractivity contribution in [3.63, 3.8) is 0 Å². The van der Waals surface area contributed by atoms with Crippen molar-refractivity contribution in [3.8, 4) is 0 Å². The number of anilines is 1. The third kappa shape index (κ3) is 6.62. The molecule has 1 aromatic rings. The number of carbonyl (C=O) groups excluding carboxylic acids is 1. The molecule has 2 heterocycles. The minimum absolute atomic E-state index is 0. The van der Waals surface area contributed by atoms with Crippen LogP contribution >= 0.6 is 24.0 Å². The van der Waals surface area contributed by atoms with Crippen LogP contribution in [0.5, 0.6) is 0 Å². The van der Waals surface area contributed by atoms with E-state index in [1.165, 1.54) is 12.8 Å². The number of nitrogens with one attached hydrogen (secondary N) is 2. The molecule has 0 saturated carbocycles. The van der Waals surface area contributed by atoms with E-state index >= 15 is 0 Å². The Labute approximate surface area is 185 Å². The first-order valence-corrected chi connectivity index (χ1v) is 10.2. The van der Waals surface area contributed by atoms with E-state index in [-0.39, 0.29) is 36.0 Å². The molecule has 0 aliphatic carbocycles. The van der Waals surface area contributed by atoms with Crippen molar-refractivity contribution in [2.75, 3.05) is 31.6 Å². The SMILES string of the molecule is CCNC(=NCc1cccc(NC(=O)C2CCCO2)c1)N1CCC(C)CC1.I. The summed E-state index contributed by atoms with van der Waals surface area (Å²) in [5.41, 5.74) is 1.89. The molecular weight excluding hydrogens is 467 g/mol. The number of nitrogens with zero attached hydrogens (tertiary/aromatic N) is 2. The number of hydrogen-bond acceptors (Lipinski definition) is 3. The normalized spacial score (nSPS) is 20.6. The van der Waals surface area contributed by atoms with Gasteiger partial charge in [0.15, 0.2) is 5.96 Å². The fourth-order valence-electron chi connectivity index (χ4n) is 3.57. The molecule has 1 atom stereocenters. The maximum absolute atomic E-state index is 12.2. The molecule has 0 bridgehead atoms. The first-order valence-electron chi connectivity index (χ1n) is 10.2. The van der Waals surface area contributed by atoms with Gasteiger partial charge in [0.2, 0.25) is 0 Å². The Morgan fingerprint density at radius 3 is 2.75 bits per heavy atom. The van der Waals surface area contributed by atoms with Gasteiger partial charge in [-0.25, -0.2) is 4.99 Å². The molecule has 0 spiro atoms. The summed E-state index contributed by atoms with van der Waals surface area (Å²) in [6, 6.07) is 7.92. The van der Waals surface area contributed by atoms with Crippen LogP contribution in [0.25, 0.3) is 0 Å². The number of rotatable bonds is 5. The predicted molar refractivity (Wildman–Crippen MR) is 124 cm³/mol. The van der Waals surface area contributed by atoms with Crippen molar-refractivity contribution < 1.29 is 9.53 Å².